The molecule has 1 saturated carbocycles. The molecule has 92 valence electrons. The van der Waals surface area contributed by atoms with Crippen molar-refractivity contribution >= 4 is 17.1 Å². The summed E-state index contributed by atoms with van der Waals surface area (Å²) in [5.74, 6) is 0.889. The third-order valence-corrected chi connectivity index (χ3v) is 4.83. The zero-order valence-corrected chi connectivity index (χ0v) is 11.3. The smallest absolute Gasteiger partial charge is 0.203 e. The van der Waals surface area contributed by atoms with Crippen molar-refractivity contribution in [2.75, 3.05) is 0 Å². The molecule has 0 amide bonds. The molecular weight excluding hydrogens is 240 g/mol. The van der Waals surface area contributed by atoms with Gasteiger partial charge in [-0.25, -0.2) is 0 Å². The van der Waals surface area contributed by atoms with E-state index in [0.29, 0.717) is 0 Å². The van der Waals surface area contributed by atoms with E-state index in [-0.39, 0.29) is 5.78 Å². The lowest BCUT2D eigenvalue weighted by molar-refractivity contribution is 0.104. The number of carbonyl (C=O) groups excluding carboxylic acids is 1. The molecule has 1 aromatic heterocycles. The van der Waals surface area contributed by atoms with Crippen molar-refractivity contribution in [3.8, 4) is 0 Å². The van der Waals surface area contributed by atoms with Gasteiger partial charge in [0.2, 0.25) is 5.78 Å². The molecule has 1 aliphatic rings. The van der Waals surface area contributed by atoms with Crippen molar-refractivity contribution in [2.24, 2.45) is 0 Å². The first-order chi connectivity index (χ1) is 8.75. The summed E-state index contributed by atoms with van der Waals surface area (Å²) in [6, 6.07) is 10.2. The van der Waals surface area contributed by atoms with Gasteiger partial charge >= 0.3 is 0 Å². The van der Waals surface area contributed by atoms with Crippen LogP contribution in [0.4, 0.5) is 0 Å². The molecule has 1 nitrogen and oxygen atoms in total. The lowest BCUT2D eigenvalue weighted by Gasteiger charge is -2.25. The summed E-state index contributed by atoms with van der Waals surface area (Å²) in [5, 5.41) is 1.98. The zero-order valence-electron chi connectivity index (χ0n) is 10.5. The molecule has 2 heteroatoms. The van der Waals surface area contributed by atoms with Gasteiger partial charge in [0.05, 0.1) is 4.88 Å². The first kappa shape index (κ1) is 11.7. The van der Waals surface area contributed by atoms with Gasteiger partial charge in [-0.3, -0.25) is 4.79 Å². The van der Waals surface area contributed by atoms with E-state index in [1.165, 1.54) is 36.2 Å². The quantitative estimate of drug-likeness (QED) is 0.736. The standard InChI is InChI=1S/C16H16OS/c1-11-9-10-18-16(11)15(17)14-7-5-13(6-8-14)12-3-2-4-12/h5-10,12H,2-4H2,1H3. The predicted molar refractivity (Wildman–Crippen MR) is 75.5 cm³/mol. The molecule has 0 bridgehead atoms. The highest BCUT2D eigenvalue weighted by Gasteiger charge is 2.20. The molecular formula is C16H16OS. The maximum absolute atomic E-state index is 12.3. The maximum Gasteiger partial charge on any atom is 0.203 e. The normalized spacial score (nSPS) is 15.4. The van der Waals surface area contributed by atoms with Gasteiger partial charge in [-0.05, 0) is 48.3 Å². The first-order valence-corrected chi connectivity index (χ1v) is 7.32. The van der Waals surface area contributed by atoms with Crippen molar-refractivity contribution in [2.45, 2.75) is 32.1 Å². The SMILES string of the molecule is Cc1ccsc1C(=O)c1ccc(C2CCC2)cc1. The summed E-state index contributed by atoms with van der Waals surface area (Å²) in [6.07, 6.45) is 3.95. The molecule has 0 spiro atoms. The van der Waals surface area contributed by atoms with E-state index < -0.39 is 0 Å². The van der Waals surface area contributed by atoms with Crippen LogP contribution in [0.5, 0.6) is 0 Å². The molecule has 1 heterocycles. The Bertz CT molecular complexity index is 561. The van der Waals surface area contributed by atoms with Crippen LogP contribution in [0.1, 0.15) is 51.5 Å². The van der Waals surface area contributed by atoms with Gasteiger partial charge in [0.25, 0.3) is 0 Å². The van der Waals surface area contributed by atoms with Gasteiger partial charge in [0.15, 0.2) is 0 Å². The largest absolute Gasteiger partial charge is 0.288 e. The third kappa shape index (κ3) is 2.01. The second-order valence-electron chi connectivity index (χ2n) is 5.01. The van der Waals surface area contributed by atoms with Crippen LogP contribution >= 0.6 is 11.3 Å². The molecule has 0 unspecified atom stereocenters. The minimum Gasteiger partial charge on any atom is -0.288 e. The van der Waals surface area contributed by atoms with E-state index in [1.807, 2.05) is 30.5 Å². The number of thiophene rings is 1. The van der Waals surface area contributed by atoms with Gasteiger partial charge in [0.1, 0.15) is 0 Å². The monoisotopic (exact) mass is 256 g/mol. The topological polar surface area (TPSA) is 17.1 Å². The minimum absolute atomic E-state index is 0.155. The average molecular weight is 256 g/mol. The van der Waals surface area contributed by atoms with Crippen LogP contribution in [0, 0.1) is 6.92 Å². The molecule has 2 aromatic rings. The van der Waals surface area contributed by atoms with E-state index in [2.05, 4.69) is 12.1 Å². The van der Waals surface area contributed by atoms with Crippen molar-refractivity contribution in [3.05, 3.63) is 57.3 Å². The zero-order chi connectivity index (χ0) is 12.5. The van der Waals surface area contributed by atoms with Crippen LogP contribution in [0.25, 0.3) is 0 Å². The number of aryl methyl sites for hydroxylation is 1. The van der Waals surface area contributed by atoms with Crippen LogP contribution in [-0.4, -0.2) is 5.78 Å². The Morgan fingerprint density at radius 1 is 1.17 bits per heavy atom. The fourth-order valence-corrected chi connectivity index (χ4v) is 3.27. The summed E-state index contributed by atoms with van der Waals surface area (Å²) in [5.41, 5.74) is 3.28. The lowest BCUT2D eigenvalue weighted by atomic mass is 9.80. The van der Waals surface area contributed by atoms with Crippen LogP contribution in [0.3, 0.4) is 0 Å². The molecule has 0 atom stereocenters. The molecule has 1 aromatic carbocycles. The average Bonchev–Trinajstić information content (AvgIpc) is 2.73. The van der Waals surface area contributed by atoms with Crippen molar-refractivity contribution in [1.29, 1.82) is 0 Å². The molecule has 18 heavy (non-hydrogen) atoms. The Labute approximate surface area is 111 Å². The first-order valence-electron chi connectivity index (χ1n) is 6.44. The third-order valence-electron chi connectivity index (χ3n) is 3.82. The van der Waals surface area contributed by atoms with Gasteiger partial charge in [-0.2, -0.15) is 0 Å². The van der Waals surface area contributed by atoms with Gasteiger partial charge in [-0.1, -0.05) is 30.7 Å². The highest BCUT2D eigenvalue weighted by atomic mass is 32.1. The number of carbonyl (C=O) groups is 1. The molecule has 0 N–H and O–H groups in total. The fourth-order valence-electron chi connectivity index (χ4n) is 2.38. The lowest BCUT2D eigenvalue weighted by Crippen LogP contribution is -2.09. The number of hydrogen-bond donors (Lipinski definition) is 0. The second-order valence-corrected chi connectivity index (χ2v) is 5.93. The Kier molecular flexibility index (Phi) is 3.04. The van der Waals surface area contributed by atoms with Gasteiger partial charge in [0, 0.05) is 5.56 Å². The second kappa shape index (κ2) is 4.69. The number of ketones is 1. The molecule has 1 aliphatic carbocycles. The molecule has 3 rings (SSSR count). The number of hydrogen-bond acceptors (Lipinski definition) is 2. The Balaban J connectivity index is 1.84. The summed E-state index contributed by atoms with van der Waals surface area (Å²) in [4.78, 5) is 13.2. The van der Waals surface area contributed by atoms with E-state index in [0.717, 1.165) is 21.9 Å². The fraction of sp³-hybridized carbons (Fsp3) is 0.312. The summed E-state index contributed by atoms with van der Waals surface area (Å²) in [6.45, 7) is 1.99. The van der Waals surface area contributed by atoms with Crippen LogP contribution in [-0.2, 0) is 0 Å². The molecule has 0 aliphatic heterocycles. The summed E-state index contributed by atoms with van der Waals surface area (Å²) in [7, 11) is 0. The van der Waals surface area contributed by atoms with E-state index in [1.54, 1.807) is 0 Å². The van der Waals surface area contributed by atoms with E-state index in [9.17, 15) is 4.79 Å². The van der Waals surface area contributed by atoms with E-state index in [4.69, 9.17) is 0 Å². The Morgan fingerprint density at radius 3 is 2.39 bits per heavy atom. The number of rotatable bonds is 3. The summed E-state index contributed by atoms with van der Waals surface area (Å²) < 4.78 is 0. The van der Waals surface area contributed by atoms with Crippen LogP contribution < -0.4 is 0 Å². The van der Waals surface area contributed by atoms with E-state index >= 15 is 0 Å². The van der Waals surface area contributed by atoms with Crippen molar-refractivity contribution in [3.63, 3.8) is 0 Å². The van der Waals surface area contributed by atoms with Crippen molar-refractivity contribution in [1.82, 2.24) is 0 Å². The minimum atomic E-state index is 0.155. The molecule has 1 fully saturated rings. The molecule has 0 saturated heterocycles. The molecule has 0 radical (unpaired) electrons. The highest BCUT2D eigenvalue weighted by molar-refractivity contribution is 7.12. The Hall–Kier alpha value is -1.41. The van der Waals surface area contributed by atoms with Crippen molar-refractivity contribution < 1.29 is 4.79 Å². The van der Waals surface area contributed by atoms with Gasteiger partial charge < -0.3 is 0 Å². The van der Waals surface area contributed by atoms with Crippen LogP contribution in [0.2, 0.25) is 0 Å². The maximum atomic E-state index is 12.3. The predicted octanol–water partition coefficient (Wildman–Crippen LogP) is 4.56. The van der Waals surface area contributed by atoms with Crippen LogP contribution in [0.15, 0.2) is 35.7 Å². The van der Waals surface area contributed by atoms with Gasteiger partial charge in [-0.15, -0.1) is 11.3 Å². The number of benzene rings is 1. The highest BCUT2D eigenvalue weighted by Crippen LogP contribution is 2.36. The summed E-state index contributed by atoms with van der Waals surface area (Å²) >= 11 is 1.53. The Morgan fingerprint density at radius 2 is 1.89 bits per heavy atom.